The molecule has 0 atom stereocenters. The molecule has 1 amide bonds. The van der Waals surface area contributed by atoms with Crippen molar-refractivity contribution in [2.24, 2.45) is 5.11 Å². The van der Waals surface area contributed by atoms with Crippen molar-refractivity contribution < 1.29 is 9.53 Å². The summed E-state index contributed by atoms with van der Waals surface area (Å²) in [6.45, 7) is 2.37. The van der Waals surface area contributed by atoms with Crippen molar-refractivity contribution in [1.82, 2.24) is 4.90 Å². The van der Waals surface area contributed by atoms with Crippen LogP contribution in [-0.2, 0) is 9.53 Å². The Morgan fingerprint density at radius 3 is 2.86 bits per heavy atom. The molecule has 1 heterocycles. The van der Waals surface area contributed by atoms with E-state index in [2.05, 4.69) is 10.0 Å². The molecule has 0 bridgehead atoms. The Balaban J connectivity index is 2.09. The Kier molecular flexibility index (Phi) is 4.82. The van der Waals surface area contributed by atoms with E-state index in [0.717, 1.165) is 32.3 Å². The third-order valence-corrected chi connectivity index (χ3v) is 2.23. The van der Waals surface area contributed by atoms with Crippen LogP contribution in [0.15, 0.2) is 5.11 Å². The van der Waals surface area contributed by atoms with Crippen LogP contribution in [0.3, 0.4) is 0 Å². The average Bonchev–Trinajstić information content (AvgIpc) is 2.25. The van der Waals surface area contributed by atoms with Gasteiger partial charge in [0.15, 0.2) is 0 Å². The fourth-order valence-corrected chi connectivity index (χ4v) is 1.45. The molecule has 78 valence electrons. The third kappa shape index (κ3) is 3.64. The van der Waals surface area contributed by atoms with Gasteiger partial charge in [0.05, 0.1) is 12.7 Å². The van der Waals surface area contributed by atoms with Gasteiger partial charge in [-0.15, -0.1) is 0 Å². The molecule has 0 spiro atoms. The SMILES string of the molecule is [N-]=[N+]=NCCOC1CCN(C=O)CC1. The highest BCUT2D eigenvalue weighted by atomic mass is 16.5. The molecule has 1 rings (SSSR count). The highest BCUT2D eigenvalue weighted by Gasteiger charge is 2.17. The van der Waals surface area contributed by atoms with Crippen LogP contribution >= 0.6 is 0 Å². The number of carbonyl (C=O) groups is 1. The first-order valence-corrected chi connectivity index (χ1v) is 4.68. The van der Waals surface area contributed by atoms with Gasteiger partial charge in [0, 0.05) is 24.5 Å². The minimum atomic E-state index is 0.208. The molecule has 0 unspecified atom stereocenters. The highest BCUT2D eigenvalue weighted by molar-refractivity contribution is 5.47. The van der Waals surface area contributed by atoms with E-state index in [-0.39, 0.29) is 6.10 Å². The van der Waals surface area contributed by atoms with E-state index in [1.807, 2.05) is 0 Å². The van der Waals surface area contributed by atoms with E-state index in [9.17, 15) is 4.79 Å². The maximum Gasteiger partial charge on any atom is 0.209 e. The van der Waals surface area contributed by atoms with Gasteiger partial charge >= 0.3 is 0 Å². The molecule has 0 aromatic rings. The number of carbonyl (C=O) groups excluding carboxylic acids is 1. The van der Waals surface area contributed by atoms with Crippen molar-refractivity contribution >= 4 is 6.41 Å². The van der Waals surface area contributed by atoms with E-state index in [4.69, 9.17) is 10.3 Å². The van der Waals surface area contributed by atoms with Gasteiger partial charge in [0.25, 0.3) is 0 Å². The first-order valence-electron chi connectivity index (χ1n) is 4.68. The smallest absolute Gasteiger partial charge is 0.209 e. The Labute approximate surface area is 82.5 Å². The molecule has 0 aliphatic carbocycles. The van der Waals surface area contributed by atoms with Crippen LogP contribution in [0.5, 0.6) is 0 Å². The zero-order valence-electron chi connectivity index (χ0n) is 8.00. The van der Waals surface area contributed by atoms with Gasteiger partial charge in [0.1, 0.15) is 0 Å². The number of piperidine rings is 1. The van der Waals surface area contributed by atoms with Gasteiger partial charge in [-0.2, -0.15) is 0 Å². The predicted octanol–water partition coefficient (Wildman–Crippen LogP) is 0.934. The largest absolute Gasteiger partial charge is 0.378 e. The highest BCUT2D eigenvalue weighted by Crippen LogP contribution is 2.11. The van der Waals surface area contributed by atoms with Crippen molar-refractivity contribution in [3.8, 4) is 0 Å². The van der Waals surface area contributed by atoms with E-state index >= 15 is 0 Å². The molecule has 0 radical (unpaired) electrons. The van der Waals surface area contributed by atoms with Crippen LogP contribution in [0.1, 0.15) is 12.8 Å². The van der Waals surface area contributed by atoms with E-state index in [1.165, 1.54) is 0 Å². The molecule has 1 saturated heterocycles. The second kappa shape index (κ2) is 6.23. The quantitative estimate of drug-likeness (QED) is 0.216. The fraction of sp³-hybridized carbons (Fsp3) is 0.875. The van der Waals surface area contributed by atoms with Crippen molar-refractivity contribution in [2.45, 2.75) is 18.9 Å². The fourth-order valence-electron chi connectivity index (χ4n) is 1.45. The molecule has 14 heavy (non-hydrogen) atoms. The van der Waals surface area contributed by atoms with Crippen LogP contribution in [-0.4, -0.2) is 43.7 Å². The normalized spacial score (nSPS) is 17.6. The summed E-state index contributed by atoms with van der Waals surface area (Å²) in [5.41, 5.74) is 8.03. The third-order valence-electron chi connectivity index (χ3n) is 2.23. The molecule has 1 aliphatic rings. The summed E-state index contributed by atoms with van der Waals surface area (Å²) in [5.74, 6) is 0. The summed E-state index contributed by atoms with van der Waals surface area (Å²) in [6.07, 6.45) is 2.82. The minimum Gasteiger partial charge on any atom is -0.378 e. The second-order valence-corrected chi connectivity index (χ2v) is 3.17. The lowest BCUT2D eigenvalue weighted by Crippen LogP contribution is -2.36. The topological polar surface area (TPSA) is 78.3 Å². The Morgan fingerprint density at radius 2 is 2.29 bits per heavy atom. The molecule has 1 fully saturated rings. The number of nitrogens with zero attached hydrogens (tertiary/aromatic N) is 4. The number of hydrogen-bond acceptors (Lipinski definition) is 3. The van der Waals surface area contributed by atoms with Crippen molar-refractivity contribution in [1.29, 1.82) is 0 Å². The summed E-state index contributed by atoms with van der Waals surface area (Å²) in [7, 11) is 0. The summed E-state index contributed by atoms with van der Waals surface area (Å²) in [4.78, 5) is 14.8. The molecule has 6 nitrogen and oxygen atoms in total. The number of ether oxygens (including phenoxy) is 1. The van der Waals surface area contributed by atoms with E-state index in [1.54, 1.807) is 4.90 Å². The van der Waals surface area contributed by atoms with Crippen LogP contribution in [0.4, 0.5) is 0 Å². The lowest BCUT2D eigenvalue weighted by atomic mass is 10.1. The standard InChI is InChI=1S/C8H14N4O2/c9-11-10-3-6-14-8-1-4-12(7-13)5-2-8/h7-8H,1-6H2. The molecule has 0 aromatic heterocycles. The number of hydrogen-bond donors (Lipinski definition) is 0. The number of rotatable bonds is 5. The number of likely N-dealkylation sites (tertiary alicyclic amines) is 1. The Bertz CT molecular complexity index is 219. The Hall–Kier alpha value is -1.26. The van der Waals surface area contributed by atoms with Gasteiger partial charge in [-0.25, -0.2) is 0 Å². The van der Waals surface area contributed by atoms with Gasteiger partial charge in [-0.1, -0.05) is 5.11 Å². The maximum atomic E-state index is 10.4. The second-order valence-electron chi connectivity index (χ2n) is 3.17. The lowest BCUT2D eigenvalue weighted by molar-refractivity contribution is -0.120. The molecular weight excluding hydrogens is 184 g/mol. The summed E-state index contributed by atoms with van der Waals surface area (Å²) < 4.78 is 5.47. The van der Waals surface area contributed by atoms with Crippen molar-refractivity contribution in [3.63, 3.8) is 0 Å². The molecule has 0 aromatic carbocycles. The summed E-state index contributed by atoms with van der Waals surface area (Å²) in [6, 6.07) is 0. The maximum absolute atomic E-state index is 10.4. The molecular formula is C8H14N4O2. The molecule has 0 saturated carbocycles. The van der Waals surface area contributed by atoms with Gasteiger partial charge < -0.3 is 9.64 Å². The monoisotopic (exact) mass is 198 g/mol. The van der Waals surface area contributed by atoms with Gasteiger partial charge in [0.2, 0.25) is 6.41 Å². The van der Waals surface area contributed by atoms with Crippen LogP contribution < -0.4 is 0 Å². The Morgan fingerprint density at radius 1 is 1.57 bits per heavy atom. The zero-order valence-corrected chi connectivity index (χ0v) is 8.00. The van der Waals surface area contributed by atoms with Crippen LogP contribution in [0.25, 0.3) is 10.4 Å². The summed E-state index contributed by atoms with van der Waals surface area (Å²) in [5, 5.41) is 3.38. The molecule has 6 heteroatoms. The van der Waals surface area contributed by atoms with E-state index < -0.39 is 0 Å². The lowest BCUT2D eigenvalue weighted by Gasteiger charge is -2.28. The first kappa shape index (κ1) is 10.8. The van der Waals surface area contributed by atoms with Crippen molar-refractivity contribution in [3.05, 3.63) is 10.4 Å². The molecule has 1 aliphatic heterocycles. The van der Waals surface area contributed by atoms with Gasteiger partial charge in [-0.05, 0) is 18.4 Å². The van der Waals surface area contributed by atoms with E-state index in [0.29, 0.717) is 13.2 Å². The van der Waals surface area contributed by atoms with Gasteiger partial charge in [-0.3, -0.25) is 4.79 Å². The predicted molar refractivity (Wildman–Crippen MR) is 50.6 cm³/mol. The minimum absolute atomic E-state index is 0.208. The van der Waals surface area contributed by atoms with Crippen LogP contribution in [0, 0.1) is 0 Å². The zero-order chi connectivity index (χ0) is 10.2. The number of amides is 1. The molecule has 0 N–H and O–H groups in total. The van der Waals surface area contributed by atoms with Crippen LogP contribution in [0.2, 0.25) is 0 Å². The van der Waals surface area contributed by atoms with Crippen molar-refractivity contribution in [2.75, 3.05) is 26.2 Å². The number of azide groups is 1. The first-order chi connectivity index (χ1) is 6.86. The average molecular weight is 198 g/mol. The summed E-state index contributed by atoms with van der Waals surface area (Å²) >= 11 is 0.